The Balaban J connectivity index is 1.64. The topological polar surface area (TPSA) is 24.5 Å². The summed E-state index contributed by atoms with van der Waals surface area (Å²) >= 11 is 0. The van der Waals surface area contributed by atoms with Crippen LogP contribution in [0.3, 0.4) is 0 Å². The molecule has 15 heavy (non-hydrogen) atoms. The molecule has 2 fully saturated rings. The zero-order valence-electron chi connectivity index (χ0n) is 9.87. The van der Waals surface area contributed by atoms with E-state index in [1.54, 1.807) is 0 Å². The Morgan fingerprint density at radius 1 is 1.20 bits per heavy atom. The van der Waals surface area contributed by atoms with Gasteiger partial charge in [-0.2, -0.15) is 0 Å². The summed E-state index contributed by atoms with van der Waals surface area (Å²) in [5.41, 5.74) is 0. The van der Waals surface area contributed by atoms with Gasteiger partial charge in [-0.1, -0.05) is 0 Å². The highest BCUT2D eigenvalue weighted by atomic mass is 16.5. The summed E-state index contributed by atoms with van der Waals surface area (Å²) in [7, 11) is 2.22. The van der Waals surface area contributed by atoms with E-state index < -0.39 is 0 Å². The van der Waals surface area contributed by atoms with Gasteiger partial charge in [0.15, 0.2) is 0 Å². The van der Waals surface area contributed by atoms with Gasteiger partial charge in [0.2, 0.25) is 0 Å². The van der Waals surface area contributed by atoms with Gasteiger partial charge in [-0.15, -0.1) is 0 Å². The number of rotatable bonds is 4. The van der Waals surface area contributed by atoms with Crippen LogP contribution >= 0.6 is 0 Å². The summed E-state index contributed by atoms with van der Waals surface area (Å²) in [6.45, 7) is 4.47. The average Bonchev–Trinajstić information content (AvgIpc) is 2.71. The van der Waals surface area contributed by atoms with E-state index in [1.165, 1.54) is 45.2 Å². The lowest BCUT2D eigenvalue weighted by Crippen LogP contribution is -2.40. The van der Waals surface area contributed by atoms with Crippen LogP contribution < -0.4 is 5.32 Å². The summed E-state index contributed by atoms with van der Waals surface area (Å²) in [5, 5.41) is 3.54. The molecule has 2 unspecified atom stereocenters. The minimum atomic E-state index is 0.491. The minimum Gasteiger partial charge on any atom is -0.377 e. The van der Waals surface area contributed by atoms with Crippen LogP contribution in [-0.2, 0) is 4.74 Å². The maximum absolute atomic E-state index is 5.75. The second-order valence-electron chi connectivity index (χ2n) is 5.00. The molecule has 2 aliphatic heterocycles. The molecule has 2 rings (SSSR count). The normalized spacial score (nSPS) is 32.4. The molecule has 0 spiro atoms. The zero-order chi connectivity index (χ0) is 10.5. The molecule has 2 atom stereocenters. The molecule has 1 N–H and O–H groups in total. The van der Waals surface area contributed by atoms with Crippen molar-refractivity contribution in [3.8, 4) is 0 Å². The first-order valence-corrected chi connectivity index (χ1v) is 6.38. The molecule has 2 heterocycles. The lowest BCUT2D eigenvalue weighted by Gasteiger charge is -2.28. The van der Waals surface area contributed by atoms with Gasteiger partial charge in [0.05, 0.1) is 6.10 Å². The summed E-state index contributed by atoms with van der Waals surface area (Å²) < 4.78 is 5.75. The molecule has 0 bridgehead atoms. The number of nitrogens with one attached hydrogen (secondary N) is 1. The van der Waals surface area contributed by atoms with Gasteiger partial charge in [0.1, 0.15) is 0 Å². The van der Waals surface area contributed by atoms with E-state index in [1.807, 2.05) is 0 Å². The third-order valence-corrected chi connectivity index (χ3v) is 3.48. The summed E-state index contributed by atoms with van der Waals surface area (Å²) in [5.74, 6) is 0. The van der Waals surface area contributed by atoms with E-state index in [-0.39, 0.29) is 0 Å². The van der Waals surface area contributed by atoms with Crippen LogP contribution in [0, 0.1) is 0 Å². The standard InChI is InChI=1S/C12H24N2O/c1-14(9-11-5-4-7-13-11)10-12-6-2-3-8-15-12/h11-13H,2-10H2,1H3. The predicted molar refractivity (Wildman–Crippen MR) is 62.1 cm³/mol. The van der Waals surface area contributed by atoms with Gasteiger partial charge >= 0.3 is 0 Å². The maximum atomic E-state index is 5.75. The highest BCUT2D eigenvalue weighted by Crippen LogP contribution is 2.14. The Kier molecular flexibility index (Phi) is 4.42. The van der Waals surface area contributed by atoms with Crippen LogP contribution in [-0.4, -0.2) is 50.3 Å². The SMILES string of the molecule is CN(CC1CCCN1)CC1CCCCO1. The molecule has 88 valence electrons. The molecular weight excluding hydrogens is 188 g/mol. The van der Waals surface area contributed by atoms with Crippen LogP contribution in [0.15, 0.2) is 0 Å². The lowest BCUT2D eigenvalue weighted by molar-refractivity contribution is -0.00234. The fraction of sp³-hybridized carbons (Fsp3) is 1.00. The second-order valence-corrected chi connectivity index (χ2v) is 5.00. The van der Waals surface area contributed by atoms with Crippen molar-refractivity contribution in [2.75, 3.05) is 33.3 Å². The van der Waals surface area contributed by atoms with Gasteiger partial charge in [0, 0.05) is 25.7 Å². The van der Waals surface area contributed by atoms with Gasteiger partial charge in [-0.05, 0) is 45.7 Å². The Bertz CT molecular complexity index is 174. The molecule has 0 radical (unpaired) electrons. The van der Waals surface area contributed by atoms with E-state index in [4.69, 9.17) is 4.74 Å². The number of likely N-dealkylation sites (N-methyl/N-ethyl adjacent to an activating group) is 1. The van der Waals surface area contributed by atoms with Crippen LogP contribution in [0.25, 0.3) is 0 Å². The van der Waals surface area contributed by atoms with E-state index in [0.717, 1.165) is 19.2 Å². The predicted octanol–water partition coefficient (Wildman–Crippen LogP) is 1.24. The van der Waals surface area contributed by atoms with E-state index in [2.05, 4.69) is 17.3 Å². The van der Waals surface area contributed by atoms with Crippen molar-refractivity contribution in [2.45, 2.75) is 44.2 Å². The number of ether oxygens (including phenoxy) is 1. The molecule has 3 heteroatoms. The molecule has 3 nitrogen and oxygen atoms in total. The third kappa shape index (κ3) is 3.74. The monoisotopic (exact) mass is 212 g/mol. The lowest BCUT2D eigenvalue weighted by atomic mass is 10.1. The van der Waals surface area contributed by atoms with E-state index >= 15 is 0 Å². The first-order valence-electron chi connectivity index (χ1n) is 6.38. The number of hydrogen-bond acceptors (Lipinski definition) is 3. The largest absolute Gasteiger partial charge is 0.377 e. The molecule has 0 saturated carbocycles. The highest BCUT2D eigenvalue weighted by molar-refractivity contribution is 4.78. The van der Waals surface area contributed by atoms with Crippen LogP contribution in [0.5, 0.6) is 0 Å². The Morgan fingerprint density at radius 3 is 2.80 bits per heavy atom. The molecule has 2 saturated heterocycles. The van der Waals surface area contributed by atoms with Crippen molar-refractivity contribution in [2.24, 2.45) is 0 Å². The zero-order valence-corrected chi connectivity index (χ0v) is 9.87. The van der Waals surface area contributed by atoms with Crippen molar-refractivity contribution >= 4 is 0 Å². The number of nitrogens with zero attached hydrogens (tertiary/aromatic N) is 1. The Morgan fingerprint density at radius 2 is 2.13 bits per heavy atom. The van der Waals surface area contributed by atoms with E-state index in [0.29, 0.717) is 6.10 Å². The third-order valence-electron chi connectivity index (χ3n) is 3.48. The summed E-state index contributed by atoms with van der Waals surface area (Å²) in [4.78, 5) is 2.43. The fourth-order valence-corrected chi connectivity index (χ4v) is 2.66. The van der Waals surface area contributed by atoms with Gasteiger partial charge in [0.25, 0.3) is 0 Å². The average molecular weight is 212 g/mol. The maximum Gasteiger partial charge on any atom is 0.0701 e. The minimum absolute atomic E-state index is 0.491. The fourth-order valence-electron chi connectivity index (χ4n) is 2.66. The van der Waals surface area contributed by atoms with Crippen LogP contribution in [0.4, 0.5) is 0 Å². The van der Waals surface area contributed by atoms with Gasteiger partial charge < -0.3 is 15.0 Å². The van der Waals surface area contributed by atoms with Crippen molar-refractivity contribution in [3.05, 3.63) is 0 Å². The molecule has 0 amide bonds. The summed E-state index contributed by atoms with van der Waals surface area (Å²) in [6, 6.07) is 0.721. The Labute approximate surface area is 93.2 Å². The molecule has 0 aliphatic carbocycles. The molecule has 0 aromatic rings. The van der Waals surface area contributed by atoms with Gasteiger partial charge in [-0.3, -0.25) is 0 Å². The summed E-state index contributed by atoms with van der Waals surface area (Å²) in [6.07, 6.45) is 7.03. The first-order chi connectivity index (χ1) is 7.34. The first kappa shape index (κ1) is 11.4. The van der Waals surface area contributed by atoms with E-state index in [9.17, 15) is 0 Å². The molecule has 0 aromatic heterocycles. The molecule has 2 aliphatic rings. The Hall–Kier alpha value is -0.120. The van der Waals surface area contributed by atoms with Crippen molar-refractivity contribution in [1.29, 1.82) is 0 Å². The number of hydrogen-bond donors (Lipinski definition) is 1. The molecular formula is C12H24N2O. The quantitative estimate of drug-likeness (QED) is 0.759. The highest BCUT2D eigenvalue weighted by Gasteiger charge is 2.19. The van der Waals surface area contributed by atoms with Crippen molar-refractivity contribution in [1.82, 2.24) is 10.2 Å². The smallest absolute Gasteiger partial charge is 0.0701 e. The second kappa shape index (κ2) is 5.83. The van der Waals surface area contributed by atoms with Crippen molar-refractivity contribution in [3.63, 3.8) is 0 Å². The van der Waals surface area contributed by atoms with Crippen LogP contribution in [0.1, 0.15) is 32.1 Å². The van der Waals surface area contributed by atoms with Gasteiger partial charge in [-0.25, -0.2) is 0 Å². The van der Waals surface area contributed by atoms with Crippen molar-refractivity contribution < 1.29 is 4.74 Å². The molecule has 0 aromatic carbocycles. The van der Waals surface area contributed by atoms with Crippen LogP contribution in [0.2, 0.25) is 0 Å².